The molecule has 0 aliphatic heterocycles. The minimum atomic E-state index is 0.298. The molecule has 8 fully saturated rings. The topological polar surface area (TPSA) is 20.2 Å². The summed E-state index contributed by atoms with van der Waals surface area (Å²) in [5, 5.41) is 12.0. The van der Waals surface area contributed by atoms with E-state index in [0.717, 1.165) is 41.3 Å². The molecule has 8 aliphatic carbocycles. The summed E-state index contributed by atoms with van der Waals surface area (Å²) >= 11 is 0. The summed E-state index contributed by atoms with van der Waals surface area (Å²) in [5.74, 6) is 6.38. The first-order valence-corrected chi connectivity index (χ1v) is 12.8. The van der Waals surface area contributed by atoms with Crippen LogP contribution >= 0.6 is 0 Å². The molecule has 9 rings (SSSR count). The van der Waals surface area contributed by atoms with Gasteiger partial charge in [-0.3, -0.25) is 0 Å². The molecule has 156 valence electrons. The van der Waals surface area contributed by atoms with Crippen LogP contribution in [0.4, 0.5) is 0 Å². The molecule has 0 amide bonds. The van der Waals surface area contributed by atoms with Crippen molar-refractivity contribution >= 4 is 0 Å². The van der Waals surface area contributed by atoms with Crippen molar-refractivity contribution in [1.82, 2.24) is 0 Å². The maximum Gasteiger partial charge on any atom is 0.123 e. The molecule has 1 aromatic carbocycles. The van der Waals surface area contributed by atoms with E-state index in [0.29, 0.717) is 10.8 Å². The number of phenols is 1. The second-order valence-corrected chi connectivity index (χ2v) is 13.0. The number of aryl methyl sites for hydroxylation is 1. The van der Waals surface area contributed by atoms with Crippen molar-refractivity contribution in [1.29, 1.82) is 0 Å². The van der Waals surface area contributed by atoms with E-state index in [-0.39, 0.29) is 0 Å². The van der Waals surface area contributed by atoms with Crippen molar-refractivity contribution in [3.63, 3.8) is 0 Å². The molecule has 0 heterocycles. The Labute approximate surface area is 176 Å². The van der Waals surface area contributed by atoms with Gasteiger partial charge in [-0.1, -0.05) is 6.07 Å². The van der Waals surface area contributed by atoms with Crippen LogP contribution in [-0.4, -0.2) is 5.11 Å². The summed E-state index contributed by atoms with van der Waals surface area (Å²) in [6.45, 7) is 4.66. The van der Waals surface area contributed by atoms with Crippen LogP contribution in [0.25, 0.3) is 0 Å². The first kappa shape index (κ1) is 17.7. The molecule has 0 radical (unpaired) electrons. The maximum atomic E-state index is 12.0. The third kappa shape index (κ3) is 2.34. The number of aromatic hydroxyl groups is 1. The normalized spacial score (nSPS) is 49.2. The second-order valence-electron chi connectivity index (χ2n) is 13.0. The van der Waals surface area contributed by atoms with Crippen molar-refractivity contribution in [3.8, 4) is 5.75 Å². The van der Waals surface area contributed by atoms with Gasteiger partial charge in [0, 0.05) is 16.5 Å². The second kappa shape index (κ2) is 5.63. The van der Waals surface area contributed by atoms with E-state index in [2.05, 4.69) is 19.9 Å². The van der Waals surface area contributed by atoms with E-state index >= 15 is 0 Å². The van der Waals surface area contributed by atoms with Crippen LogP contribution in [0.3, 0.4) is 0 Å². The van der Waals surface area contributed by atoms with E-state index in [1.54, 1.807) is 0 Å². The smallest absolute Gasteiger partial charge is 0.123 e. The molecule has 1 nitrogen and oxygen atoms in total. The van der Waals surface area contributed by atoms with Gasteiger partial charge in [-0.2, -0.15) is 0 Å². The Hall–Kier alpha value is -0.980. The average Bonchev–Trinajstić information content (AvgIpc) is 2.62. The SMILES string of the molecule is Cc1cc(C23CC4CC(CC(C4)C2)C3)c(O)c(C23CC4CC(CC(C4)C2)C3)c1C. The lowest BCUT2D eigenvalue weighted by Gasteiger charge is -2.59. The zero-order chi connectivity index (χ0) is 19.5. The molecule has 8 bridgehead atoms. The van der Waals surface area contributed by atoms with Crippen LogP contribution in [0.5, 0.6) is 5.75 Å². The Kier molecular flexibility index (Phi) is 3.43. The molecule has 8 aliphatic rings. The highest BCUT2D eigenvalue weighted by molar-refractivity contribution is 5.56. The van der Waals surface area contributed by atoms with Gasteiger partial charge in [0.05, 0.1) is 0 Å². The van der Waals surface area contributed by atoms with E-state index in [1.165, 1.54) is 99.3 Å². The Morgan fingerprint density at radius 1 is 0.655 bits per heavy atom. The number of hydrogen-bond donors (Lipinski definition) is 1. The fraction of sp³-hybridized carbons (Fsp3) is 0.786. The summed E-state index contributed by atoms with van der Waals surface area (Å²) in [6.07, 6.45) is 17.0. The lowest BCUT2D eigenvalue weighted by Crippen LogP contribution is -2.50. The highest BCUT2D eigenvalue weighted by atomic mass is 16.3. The molecule has 8 saturated carbocycles. The predicted octanol–water partition coefficient (Wildman–Crippen LogP) is 6.94. The van der Waals surface area contributed by atoms with Crippen molar-refractivity contribution < 1.29 is 5.11 Å². The van der Waals surface area contributed by atoms with Crippen LogP contribution in [0.2, 0.25) is 0 Å². The standard InChI is InChI=1S/C28H38O/c1-16-3-24(27-10-18-4-19(11-27)6-20(5-18)12-27)26(29)25(17(16)2)28-13-21-7-22(14-28)9-23(8-21)15-28/h3,18-23,29H,4-15H2,1-2H3. The molecule has 0 spiro atoms. The first-order chi connectivity index (χ1) is 13.9. The van der Waals surface area contributed by atoms with Crippen LogP contribution in [0.1, 0.15) is 99.3 Å². The molecule has 29 heavy (non-hydrogen) atoms. The van der Waals surface area contributed by atoms with Gasteiger partial charge in [-0.25, -0.2) is 0 Å². The Morgan fingerprint density at radius 3 is 1.45 bits per heavy atom. The summed E-state index contributed by atoms with van der Waals surface area (Å²) in [6, 6.07) is 2.45. The van der Waals surface area contributed by atoms with Crippen molar-refractivity contribution in [2.24, 2.45) is 35.5 Å². The molecule has 0 atom stereocenters. The number of hydrogen-bond acceptors (Lipinski definition) is 1. The van der Waals surface area contributed by atoms with E-state index in [1.807, 2.05) is 0 Å². The minimum absolute atomic E-state index is 0.298. The fourth-order valence-corrected chi connectivity index (χ4v) is 10.8. The third-order valence-electron chi connectivity index (χ3n) is 11.0. The first-order valence-electron chi connectivity index (χ1n) is 12.8. The summed E-state index contributed by atoms with van der Waals surface area (Å²) in [4.78, 5) is 0. The third-order valence-corrected chi connectivity index (χ3v) is 11.0. The highest BCUT2D eigenvalue weighted by Crippen LogP contribution is 2.66. The van der Waals surface area contributed by atoms with Crippen molar-refractivity contribution in [3.05, 3.63) is 28.3 Å². The predicted molar refractivity (Wildman–Crippen MR) is 117 cm³/mol. The number of rotatable bonds is 2. The summed E-state index contributed by atoms with van der Waals surface area (Å²) < 4.78 is 0. The van der Waals surface area contributed by atoms with Gasteiger partial charge >= 0.3 is 0 Å². The van der Waals surface area contributed by atoms with Crippen LogP contribution in [0.15, 0.2) is 6.07 Å². The van der Waals surface area contributed by atoms with Gasteiger partial charge in [0.15, 0.2) is 0 Å². The van der Waals surface area contributed by atoms with E-state index in [9.17, 15) is 5.11 Å². The fourth-order valence-electron chi connectivity index (χ4n) is 10.8. The Bertz CT molecular complexity index is 806. The van der Waals surface area contributed by atoms with E-state index in [4.69, 9.17) is 0 Å². The number of phenolic OH excluding ortho intramolecular Hbond substituents is 1. The van der Waals surface area contributed by atoms with E-state index < -0.39 is 0 Å². The maximum absolute atomic E-state index is 12.0. The monoisotopic (exact) mass is 390 g/mol. The molecule has 1 heteroatoms. The van der Waals surface area contributed by atoms with Gasteiger partial charge in [0.2, 0.25) is 0 Å². The van der Waals surface area contributed by atoms with Crippen LogP contribution in [0, 0.1) is 49.4 Å². The van der Waals surface area contributed by atoms with Gasteiger partial charge in [0.25, 0.3) is 0 Å². The van der Waals surface area contributed by atoms with Gasteiger partial charge in [-0.15, -0.1) is 0 Å². The number of benzene rings is 1. The zero-order valence-electron chi connectivity index (χ0n) is 18.5. The molecule has 0 saturated heterocycles. The van der Waals surface area contributed by atoms with Crippen molar-refractivity contribution in [2.45, 2.75) is 102 Å². The van der Waals surface area contributed by atoms with Crippen molar-refractivity contribution in [2.75, 3.05) is 0 Å². The Balaban J connectivity index is 1.39. The molecular formula is C28H38O. The minimum Gasteiger partial charge on any atom is -0.507 e. The van der Waals surface area contributed by atoms with Crippen LogP contribution in [-0.2, 0) is 10.8 Å². The zero-order valence-corrected chi connectivity index (χ0v) is 18.5. The molecule has 1 aromatic rings. The van der Waals surface area contributed by atoms with Gasteiger partial charge in [-0.05, 0) is 143 Å². The summed E-state index contributed by atoms with van der Waals surface area (Å²) in [7, 11) is 0. The lowest BCUT2D eigenvalue weighted by molar-refractivity contribution is -0.0105. The molecule has 0 aromatic heterocycles. The molecule has 1 N–H and O–H groups in total. The van der Waals surface area contributed by atoms with Gasteiger partial charge < -0.3 is 5.11 Å². The quantitative estimate of drug-likeness (QED) is 0.579. The lowest BCUT2D eigenvalue weighted by atomic mass is 9.46. The molecular weight excluding hydrogens is 352 g/mol. The largest absolute Gasteiger partial charge is 0.507 e. The summed E-state index contributed by atoms with van der Waals surface area (Å²) in [5.41, 5.74) is 6.31. The van der Waals surface area contributed by atoms with Crippen LogP contribution < -0.4 is 0 Å². The average molecular weight is 391 g/mol. The highest BCUT2D eigenvalue weighted by Gasteiger charge is 2.56. The molecule has 0 unspecified atom stereocenters. The van der Waals surface area contributed by atoms with Gasteiger partial charge in [0.1, 0.15) is 5.75 Å². The Morgan fingerprint density at radius 2 is 1.03 bits per heavy atom.